The van der Waals surface area contributed by atoms with Crippen molar-refractivity contribution in [3.05, 3.63) is 65.7 Å². The smallest absolute Gasteiger partial charge is 0.414 e. The number of cyclic esters (lactones) is 1. The lowest BCUT2D eigenvalue weighted by Gasteiger charge is -2.18. The van der Waals surface area contributed by atoms with Gasteiger partial charge in [0.15, 0.2) is 0 Å². The SMILES string of the molecule is COc1ccc(NCc2ccc(-c3ccc(F)cc3C)o2)cc1N1CCOC1=O. The maximum Gasteiger partial charge on any atom is 0.414 e. The lowest BCUT2D eigenvalue weighted by atomic mass is 10.1. The van der Waals surface area contributed by atoms with Crippen LogP contribution in [0.3, 0.4) is 0 Å². The van der Waals surface area contributed by atoms with Gasteiger partial charge in [-0.05, 0) is 61.0 Å². The van der Waals surface area contributed by atoms with Gasteiger partial charge in [-0.1, -0.05) is 0 Å². The van der Waals surface area contributed by atoms with Crippen molar-refractivity contribution in [2.45, 2.75) is 13.5 Å². The number of methoxy groups -OCH3 is 1. The van der Waals surface area contributed by atoms with E-state index in [0.29, 0.717) is 36.9 Å². The number of amides is 1. The molecule has 1 aliphatic rings. The zero-order chi connectivity index (χ0) is 20.4. The molecule has 1 aliphatic heterocycles. The maximum absolute atomic E-state index is 13.3. The second kappa shape index (κ2) is 7.87. The molecule has 0 saturated carbocycles. The van der Waals surface area contributed by atoms with Crippen LogP contribution >= 0.6 is 0 Å². The molecule has 0 unspecified atom stereocenters. The van der Waals surface area contributed by atoms with Gasteiger partial charge in [-0.3, -0.25) is 4.90 Å². The molecule has 0 bridgehead atoms. The Labute approximate surface area is 167 Å². The fourth-order valence-electron chi connectivity index (χ4n) is 3.33. The van der Waals surface area contributed by atoms with E-state index in [2.05, 4.69) is 5.32 Å². The third-order valence-electron chi connectivity index (χ3n) is 4.81. The van der Waals surface area contributed by atoms with Gasteiger partial charge in [0.05, 0.1) is 25.9 Å². The highest BCUT2D eigenvalue weighted by Crippen LogP contribution is 2.33. The predicted octanol–water partition coefficient (Wildman–Crippen LogP) is 4.97. The van der Waals surface area contributed by atoms with Crippen LogP contribution in [-0.4, -0.2) is 26.4 Å². The van der Waals surface area contributed by atoms with Crippen molar-refractivity contribution in [3.8, 4) is 17.1 Å². The minimum atomic E-state index is -0.384. The third kappa shape index (κ3) is 3.89. The van der Waals surface area contributed by atoms with Crippen LogP contribution in [0.2, 0.25) is 0 Å². The molecule has 29 heavy (non-hydrogen) atoms. The summed E-state index contributed by atoms with van der Waals surface area (Å²) in [6.07, 6.45) is -0.384. The van der Waals surface area contributed by atoms with Crippen LogP contribution in [-0.2, 0) is 11.3 Å². The van der Waals surface area contributed by atoms with E-state index in [1.54, 1.807) is 24.1 Å². The van der Waals surface area contributed by atoms with Gasteiger partial charge in [-0.15, -0.1) is 0 Å². The highest BCUT2D eigenvalue weighted by Gasteiger charge is 2.26. The maximum atomic E-state index is 13.3. The van der Waals surface area contributed by atoms with Gasteiger partial charge < -0.3 is 19.2 Å². The first-order chi connectivity index (χ1) is 14.0. The van der Waals surface area contributed by atoms with E-state index < -0.39 is 0 Å². The van der Waals surface area contributed by atoms with E-state index >= 15 is 0 Å². The summed E-state index contributed by atoms with van der Waals surface area (Å²) in [6.45, 7) is 3.15. The molecule has 2 heterocycles. The summed E-state index contributed by atoms with van der Waals surface area (Å²) in [6, 6.07) is 13.9. The number of aryl methyl sites for hydroxylation is 1. The van der Waals surface area contributed by atoms with E-state index in [9.17, 15) is 9.18 Å². The lowest BCUT2D eigenvalue weighted by Crippen LogP contribution is -2.24. The van der Waals surface area contributed by atoms with Crippen molar-refractivity contribution in [2.24, 2.45) is 0 Å². The topological polar surface area (TPSA) is 63.9 Å². The number of anilines is 2. The van der Waals surface area contributed by atoms with Gasteiger partial charge in [0.25, 0.3) is 0 Å². The van der Waals surface area contributed by atoms with Crippen molar-refractivity contribution in [1.29, 1.82) is 0 Å². The summed E-state index contributed by atoms with van der Waals surface area (Å²) in [5, 5.41) is 3.29. The molecule has 0 radical (unpaired) electrons. The Morgan fingerprint density at radius 1 is 1.17 bits per heavy atom. The fourth-order valence-corrected chi connectivity index (χ4v) is 3.33. The van der Waals surface area contributed by atoms with Crippen LogP contribution in [0.25, 0.3) is 11.3 Å². The molecule has 0 atom stereocenters. The Hall–Kier alpha value is -3.48. The number of hydrogen-bond acceptors (Lipinski definition) is 5. The molecule has 6 nitrogen and oxygen atoms in total. The van der Waals surface area contributed by atoms with Crippen molar-refractivity contribution >= 4 is 17.5 Å². The Morgan fingerprint density at radius 2 is 2.03 bits per heavy atom. The fraction of sp³-hybridized carbons (Fsp3) is 0.227. The third-order valence-corrected chi connectivity index (χ3v) is 4.81. The second-order valence-corrected chi connectivity index (χ2v) is 6.73. The number of nitrogens with one attached hydrogen (secondary N) is 1. The van der Waals surface area contributed by atoms with Crippen LogP contribution in [0.5, 0.6) is 5.75 Å². The quantitative estimate of drug-likeness (QED) is 0.637. The average Bonchev–Trinajstić information content (AvgIpc) is 3.35. The number of ether oxygens (including phenoxy) is 2. The highest BCUT2D eigenvalue weighted by molar-refractivity contribution is 5.92. The first kappa shape index (κ1) is 18.9. The average molecular weight is 396 g/mol. The summed E-state index contributed by atoms with van der Waals surface area (Å²) in [7, 11) is 1.56. The summed E-state index contributed by atoms with van der Waals surface area (Å²) in [4.78, 5) is 13.5. The van der Waals surface area contributed by atoms with E-state index in [1.807, 2.05) is 31.2 Å². The van der Waals surface area contributed by atoms with Gasteiger partial charge in [0.1, 0.15) is 29.7 Å². The Balaban J connectivity index is 1.49. The normalized spacial score (nSPS) is 13.5. The number of furan rings is 1. The van der Waals surface area contributed by atoms with Crippen LogP contribution < -0.4 is 15.0 Å². The molecule has 1 saturated heterocycles. The molecule has 1 N–H and O–H groups in total. The van der Waals surface area contributed by atoms with E-state index in [-0.39, 0.29) is 11.9 Å². The van der Waals surface area contributed by atoms with Gasteiger partial charge in [0, 0.05) is 11.3 Å². The zero-order valence-corrected chi connectivity index (χ0v) is 16.2. The summed E-state index contributed by atoms with van der Waals surface area (Å²) in [5.74, 6) is 1.76. The van der Waals surface area contributed by atoms with Crippen LogP contribution in [0.1, 0.15) is 11.3 Å². The number of halogens is 1. The number of carbonyl (C=O) groups excluding carboxylic acids is 1. The highest BCUT2D eigenvalue weighted by atomic mass is 19.1. The summed E-state index contributed by atoms with van der Waals surface area (Å²) >= 11 is 0. The van der Waals surface area contributed by atoms with Crippen LogP contribution in [0, 0.1) is 12.7 Å². The second-order valence-electron chi connectivity index (χ2n) is 6.73. The molecule has 7 heteroatoms. The molecule has 0 aliphatic carbocycles. The number of carbonyl (C=O) groups is 1. The molecule has 4 rings (SSSR count). The molecule has 2 aromatic carbocycles. The minimum Gasteiger partial charge on any atom is -0.495 e. The van der Waals surface area contributed by atoms with Gasteiger partial charge in [-0.2, -0.15) is 0 Å². The number of hydrogen-bond donors (Lipinski definition) is 1. The Morgan fingerprint density at radius 3 is 2.76 bits per heavy atom. The van der Waals surface area contributed by atoms with E-state index in [4.69, 9.17) is 13.9 Å². The Kier molecular flexibility index (Phi) is 5.12. The van der Waals surface area contributed by atoms with Gasteiger partial charge in [-0.25, -0.2) is 9.18 Å². The molecule has 1 fully saturated rings. The molecule has 0 spiro atoms. The van der Waals surface area contributed by atoms with Crippen molar-refractivity contribution < 1.29 is 23.1 Å². The van der Waals surface area contributed by atoms with Gasteiger partial charge in [0.2, 0.25) is 0 Å². The lowest BCUT2D eigenvalue weighted by molar-refractivity contribution is 0.181. The van der Waals surface area contributed by atoms with Crippen molar-refractivity contribution in [1.82, 2.24) is 0 Å². The largest absolute Gasteiger partial charge is 0.495 e. The van der Waals surface area contributed by atoms with E-state index in [0.717, 1.165) is 22.6 Å². The molecule has 150 valence electrons. The molecule has 3 aromatic rings. The number of benzene rings is 2. The first-order valence-corrected chi connectivity index (χ1v) is 9.26. The number of nitrogens with zero attached hydrogens (tertiary/aromatic N) is 1. The molecular formula is C22H21FN2O4. The predicted molar refractivity (Wildman–Crippen MR) is 108 cm³/mol. The summed E-state index contributed by atoms with van der Waals surface area (Å²) in [5.41, 5.74) is 3.14. The standard InChI is InChI=1S/C22H21FN2O4/c1-14-11-15(23)3-6-18(14)20-8-5-17(29-20)13-24-16-4-7-21(27-2)19(12-16)25-9-10-28-22(25)26/h3-8,11-12,24H,9-10,13H2,1-2H3. The minimum absolute atomic E-state index is 0.267. The molecule has 1 amide bonds. The Bertz CT molecular complexity index is 1050. The molecule has 1 aromatic heterocycles. The number of rotatable bonds is 6. The summed E-state index contributed by atoms with van der Waals surface area (Å²) < 4.78 is 29.6. The van der Waals surface area contributed by atoms with Crippen LogP contribution in [0.4, 0.5) is 20.6 Å². The van der Waals surface area contributed by atoms with Crippen molar-refractivity contribution in [2.75, 3.05) is 30.5 Å². The van der Waals surface area contributed by atoms with Gasteiger partial charge >= 0.3 is 6.09 Å². The van der Waals surface area contributed by atoms with E-state index in [1.165, 1.54) is 12.1 Å². The monoisotopic (exact) mass is 396 g/mol. The molecular weight excluding hydrogens is 375 g/mol. The first-order valence-electron chi connectivity index (χ1n) is 9.26. The van der Waals surface area contributed by atoms with Crippen LogP contribution in [0.15, 0.2) is 52.9 Å². The zero-order valence-electron chi connectivity index (χ0n) is 16.2. The van der Waals surface area contributed by atoms with Crippen molar-refractivity contribution in [3.63, 3.8) is 0 Å².